The third kappa shape index (κ3) is 11.3. The first-order chi connectivity index (χ1) is 19.4. The van der Waals surface area contributed by atoms with Crippen LogP contribution in [0.3, 0.4) is 0 Å². The molecule has 5 nitrogen and oxygen atoms in total. The van der Waals surface area contributed by atoms with Gasteiger partial charge in [0.05, 0.1) is 30.3 Å². The first kappa shape index (κ1) is 37.3. The van der Waals surface area contributed by atoms with Crippen molar-refractivity contribution in [3.63, 3.8) is 0 Å². The van der Waals surface area contributed by atoms with E-state index in [1.165, 1.54) is 12.7 Å². The summed E-state index contributed by atoms with van der Waals surface area (Å²) in [5, 5.41) is 0.0252. The standard InChI is InChI=1S/C33H56O5S2Si2/c1-32(2,3)41(8,9)37-26(22-25-16-13-12-14-17-25)18-19-27-29(38-42(10,11)33(4,5)6)23-28(34)31(27)40-21-15-20-39-24-30(35)36-7/h12-14,16-19,26-27,29,31H,15,20-24H2,1-11H3/b19-18+/t26?,27-,29+,31+/m0/s1. The van der Waals surface area contributed by atoms with Crippen LogP contribution in [-0.2, 0) is 29.6 Å². The van der Waals surface area contributed by atoms with Crippen molar-refractivity contribution in [2.75, 3.05) is 24.4 Å². The number of carbonyl (C=O) groups is 2. The highest BCUT2D eigenvalue weighted by atomic mass is 32.2. The van der Waals surface area contributed by atoms with E-state index in [9.17, 15) is 9.59 Å². The van der Waals surface area contributed by atoms with E-state index in [-0.39, 0.29) is 45.2 Å². The third-order valence-electron chi connectivity index (χ3n) is 9.01. The number of hydrogen-bond donors (Lipinski definition) is 0. The zero-order chi connectivity index (χ0) is 31.8. The second kappa shape index (κ2) is 15.9. The second-order valence-electron chi connectivity index (χ2n) is 14.4. The Labute approximate surface area is 267 Å². The van der Waals surface area contributed by atoms with E-state index in [1.54, 1.807) is 23.5 Å². The van der Waals surface area contributed by atoms with Gasteiger partial charge in [0, 0.05) is 18.8 Å². The zero-order valence-corrected chi connectivity index (χ0v) is 31.6. The number of Topliss-reactive ketones (excluding diaryl/α,β-unsaturated/α-hetero) is 1. The highest BCUT2D eigenvalue weighted by molar-refractivity contribution is 8.01. The van der Waals surface area contributed by atoms with Crippen LogP contribution in [-0.4, -0.2) is 70.2 Å². The molecule has 1 aliphatic carbocycles. The fraction of sp³-hybridized carbons (Fsp3) is 0.697. The van der Waals surface area contributed by atoms with Gasteiger partial charge in [-0.3, -0.25) is 9.59 Å². The number of ether oxygens (including phenoxy) is 1. The minimum Gasteiger partial charge on any atom is -0.468 e. The van der Waals surface area contributed by atoms with Gasteiger partial charge in [-0.25, -0.2) is 0 Å². The summed E-state index contributed by atoms with van der Waals surface area (Å²) < 4.78 is 18.6. The number of methoxy groups -OCH3 is 1. The Kier molecular flexibility index (Phi) is 14.2. The first-order valence-corrected chi connectivity index (χ1v) is 23.3. The van der Waals surface area contributed by atoms with Crippen molar-refractivity contribution in [1.29, 1.82) is 0 Å². The first-order valence-electron chi connectivity index (χ1n) is 15.2. The van der Waals surface area contributed by atoms with Crippen molar-refractivity contribution in [3.05, 3.63) is 48.0 Å². The molecule has 1 aromatic carbocycles. The molecule has 9 heteroatoms. The average molecular weight is 653 g/mol. The molecule has 0 bridgehead atoms. The Bertz CT molecular complexity index is 1030. The summed E-state index contributed by atoms with van der Waals surface area (Å²) in [7, 11) is -2.70. The number of carbonyl (C=O) groups excluding carboxylic acids is 2. The number of thioether (sulfide) groups is 2. The van der Waals surface area contributed by atoms with Crippen molar-refractivity contribution >= 4 is 51.9 Å². The van der Waals surface area contributed by atoms with Gasteiger partial charge in [0.1, 0.15) is 5.78 Å². The van der Waals surface area contributed by atoms with Gasteiger partial charge in [0.2, 0.25) is 0 Å². The summed E-state index contributed by atoms with van der Waals surface area (Å²) in [6.45, 7) is 22.7. The van der Waals surface area contributed by atoms with Crippen LogP contribution < -0.4 is 0 Å². The topological polar surface area (TPSA) is 61.8 Å². The van der Waals surface area contributed by atoms with Crippen molar-refractivity contribution in [3.8, 4) is 0 Å². The number of benzene rings is 1. The maximum absolute atomic E-state index is 13.5. The molecular weight excluding hydrogens is 597 g/mol. The van der Waals surface area contributed by atoms with Crippen LogP contribution in [0.2, 0.25) is 36.3 Å². The van der Waals surface area contributed by atoms with Gasteiger partial charge in [-0.1, -0.05) is 84.0 Å². The van der Waals surface area contributed by atoms with Gasteiger partial charge in [0.25, 0.3) is 0 Å². The third-order valence-corrected chi connectivity index (χ3v) is 20.5. The Morgan fingerprint density at radius 2 is 1.62 bits per heavy atom. The average Bonchev–Trinajstić information content (AvgIpc) is 3.16. The Morgan fingerprint density at radius 3 is 2.19 bits per heavy atom. The van der Waals surface area contributed by atoms with Crippen molar-refractivity contribution < 1.29 is 23.2 Å². The maximum atomic E-state index is 13.5. The monoisotopic (exact) mass is 652 g/mol. The summed E-state index contributed by atoms with van der Waals surface area (Å²) in [6.07, 6.45) is 6.50. The molecule has 4 atom stereocenters. The molecule has 2 rings (SSSR count). The van der Waals surface area contributed by atoms with E-state index in [0.717, 1.165) is 24.3 Å². The maximum Gasteiger partial charge on any atom is 0.315 e. The molecule has 0 aromatic heterocycles. The van der Waals surface area contributed by atoms with E-state index in [0.29, 0.717) is 12.2 Å². The fourth-order valence-electron chi connectivity index (χ4n) is 4.35. The van der Waals surface area contributed by atoms with Gasteiger partial charge in [-0.15, -0.1) is 11.8 Å². The van der Waals surface area contributed by atoms with Gasteiger partial charge in [0.15, 0.2) is 16.6 Å². The zero-order valence-electron chi connectivity index (χ0n) is 28.0. The van der Waals surface area contributed by atoms with Crippen LogP contribution in [0.5, 0.6) is 0 Å². The molecule has 1 fully saturated rings. The fourth-order valence-corrected chi connectivity index (χ4v) is 9.27. The molecule has 1 aromatic rings. The van der Waals surface area contributed by atoms with Crippen molar-refractivity contribution in [1.82, 2.24) is 0 Å². The predicted molar refractivity (Wildman–Crippen MR) is 187 cm³/mol. The summed E-state index contributed by atoms with van der Waals surface area (Å²) in [4.78, 5) is 24.9. The van der Waals surface area contributed by atoms with Crippen LogP contribution in [0, 0.1) is 5.92 Å². The molecule has 0 saturated heterocycles. The Morgan fingerprint density at radius 1 is 1.00 bits per heavy atom. The predicted octanol–water partition coefficient (Wildman–Crippen LogP) is 8.55. The molecule has 42 heavy (non-hydrogen) atoms. The molecule has 1 aliphatic rings. The lowest BCUT2D eigenvalue weighted by molar-refractivity contribution is -0.137. The van der Waals surface area contributed by atoms with E-state index < -0.39 is 16.6 Å². The van der Waals surface area contributed by atoms with Crippen LogP contribution in [0.25, 0.3) is 0 Å². The molecule has 0 amide bonds. The van der Waals surface area contributed by atoms with Gasteiger partial charge in [-0.2, -0.15) is 11.8 Å². The Balaban J connectivity index is 2.30. The molecule has 238 valence electrons. The van der Waals surface area contributed by atoms with Crippen LogP contribution in [0.15, 0.2) is 42.5 Å². The second-order valence-corrected chi connectivity index (χ2v) is 26.3. The minimum atomic E-state index is -2.08. The van der Waals surface area contributed by atoms with Gasteiger partial charge in [-0.05, 0) is 59.8 Å². The number of rotatable bonds is 15. The molecule has 0 radical (unpaired) electrons. The summed E-state index contributed by atoms with van der Waals surface area (Å²) in [6, 6.07) is 10.5. The number of ketones is 1. The quantitative estimate of drug-likeness (QED) is 0.0814. The number of hydrogen-bond acceptors (Lipinski definition) is 7. The summed E-state index contributed by atoms with van der Waals surface area (Å²) in [5.41, 5.74) is 1.25. The smallest absolute Gasteiger partial charge is 0.315 e. The van der Waals surface area contributed by atoms with E-state index in [1.807, 2.05) is 6.07 Å². The summed E-state index contributed by atoms with van der Waals surface area (Å²) >= 11 is 3.33. The van der Waals surface area contributed by atoms with E-state index >= 15 is 0 Å². The van der Waals surface area contributed by atoms with Gasteiger partial charge < -0.3 is 13.6 Å². The molecule has 0 N–H and O–H groups in total. The van der Waals surface area contributed by atoms with Crippen molar-refractivity contribution in [2.24, 2.45) is 5.92 Å². The SMILES string of the molecule is COC(=O)CSCCCS[C@H]1C(=O)C[C@@H](O[Si](C)(C)C(C)(C)C)[C@@H]1/C=C/C(Cc1ccccc1)O[Si](C)(C)C(C)(C)C. The van der Waals surface area contributed by atoms with Crippen LogP contribution in [0.4, 0.5) is 0 Å². The molecule has 1 unspecified atom stereocenters. The molecule has 0 heterocycles. The van der Waals surface area contributed by atoms with Crippen LogP contribution >= 0.6 is 23.5 Å². The number of esters is 1. The van der Waals surface area contributed by atoms with Gasteiger partial charge >= 0.3 is 5.97 Å². The van der Waals surface area contributed by atoms with E-state index in [2.05, 4.69) is 104 Å². The molecule has 0 spiro atoms. The largest absolute Gasteiger partial charge is 0.468 e. The molecule has 0 aliphatic heterocycles. The lowest BCUT2D eigenvalue weighted by Gasteiger charge is -2.40. The van der Waals surface area contributed by atoms with E-state index in [4.69, 9.17) is 13.6 Å². The highest BCUT2D eigenvalue weighted by Crippen LogP contribution is 2.43. The Hall–Kier alpha value is -0.846. The molecular formula is C33H56O5S2Si2. The lowest BCUT2D eigenvalue weighted by atomic mass is 10.0. The summed E-state index contributed by atoms with van der Waals surface area (Å²) in [5.74, 6) is 2.20. The normalized spacial score (nSPS) is 21.2. The van der Waals surface area contributed by atoms with Crippen LogP contribution in [0.1, 0.15) is 59.9 Å². The molecule has 1 saturated carbocycles. The minimum absolute atomic E-state index is 0.000589. The lowest BCUT2D eigenvalue weighted by Crippen LogP contribution is -2.45. The highest BCUT2D eigenvalue weighted by Gasteiger charge is 2.47. The van der Waals surface area contributed by atoms with Crippen molar-refractivity contribution in [2.45, 2.75) is 115 Å².